The molecule has 2 aromatic rings. The minimum absolute atomic E-state index is 0.185. The molecule has 9 heteroatoms. The lowest BCUT2D eigenvalue weighted by atomic mass is 9.88. The molecule has 0 saturated heterocycles. The van der Waals surface area contributed by atoms with E-state index in [0.29, 0.717) is 29.1 Å². The van der Waals surface area contributed by atoms with Gasteiger partial charge in [-0.1, -0.05) is 6.42 Å². The number of ether oxygens (including phenoxy) is 2. The van der Waals surface area contributed by atoms with Gasteiger partial charge in [0.25, 0.3) is 5.91 Å². The van der Waals surface area contributed by atoms with Crippen LogP contribution in [0.15, 0.2) is 18.2 Å². The zero-order valence-corrected chi connectivity index (χ0v) is 16.8. The highest BCUT2D eigenvalue weighted by atomic mass is 16.5. The monoisotopic (exact) mass is 402 g/mol. The molecule has 3 amide bonds. The van der Waals surface area contributed by atoms with Gasteiger partial charge in [0.15, 0.2) is 0 Å². The highest BCUT2D eigenvalue weighted by molar-refractivity contribution is 6.01. The predicted octanol–water partition coefficient (Wildman–Crippen LogP) is 1.58. The Bertz CT molecular complexity index is 884. The van der Waals surface area contributed by atoms with Crippen molar-refractivity contribution in [2.24, 2.45) is 5.92 Å². The van der Waals surface area contributed by atoms with E-state index < -0.39 is 11.6 Å². The normalized spacial score (nSPS) is 20.9. The molecule has 0 bridgehead atoms. The minimum Gasteiger partial charge on any atom is -0.496 e. The quantitative estimate of drug-likeness (QED) is 0.524. The van der Waals surface area contributed by atoms with Gasteiger partial charge >= 0.3 is 6.03 Å². The average molecular weight is 402 g/mol. The number of aromatic nitrogens is 1. The van der Waals surface area contributed by atoms with Gasteiger partial charge < -0.3 is 35.2 Å². The Labute approximate surface area is 168 Å². The van der Waals surface area contributed by atoms with Gasteiger partial charge in [-0.05, 0) is 31.0 Å². The maximum absolute atomic E-state index is 12.7. The van der Waals surface area contributed by atoms with Crippen molar-refractivity contribution in [2.75, 3.05) is 27.8 Å². The summed E-state index contributed by atoms with van der Waals surface area (Å²) in [4.78, 5) is 39.3. The molecular weight excluding hydrogens is 376 g/mol. The van der Waals surface area contributed by atoms with E-state index in [-0.39, 0.29) is 18.4 Å². The Balaban J connectivity index is 1.76. The molecule has 0 aliphatic heterocycles. The van der Waals surface area contributed by atoms with Crippen molar-refractivity contribution >= 4 is 29.1 Å². The Kier molecular flexibility index (Phi) is 5.95. The number of methoxy groups -OCH3 is 2. The molecular formula is C20H26N4O5. The van der Waals surface area contributed by atoms with E-state index in [1.165, 1.54) is 7.05 Å². The van der Waals surface area contributed by atoms with Gasteiger partial charge in [0.1, 0.15) is 29.0 Å². The smallest absolute Gasteiger partial charge is 0.315 e. The van der Waals surface area contributed by atoms with E-state index in [0.717, 1.165) is 24.5 Å². The number of urea groups is 1. The maximum atomic E-state index is 12.7. The number of fused-ring (bicyclic) bond motifs is 1. The molecule has 2 unspecified atom stereocenters. The molecule has 1 aromatic carbocycles. The van der Waals surface area contributed by atoms with Crippen molar-refractivity contribution in [1.82, 2.24) is 20.9 Å². The van der Waals surface area contributed by atoms with Crippen LogP contribution in [0.25, 0.3) is 10.9 Å². The molecule has 9 nitrogen and oxygen atoms in total. The van der Waals surface area contributed by atoms with Gasteiger partial charge in [-0.15, -0.1) is 0 Å². The number of carbonyl (C=O) groups is 3. The molecule has 3 rings (SSSR count). The van der Waals surface area contributed by atoms with E-state index in [2.05, 4.69) is 20.9 Å². The zero-order valence-electron chi connectivity index (χ0n) is 16.8. The number of nitrogens with one attached hydrogen (secondary N) is 4. The number of aldehydes is 1. The number of aromatic amines is 1. The van der Waals surface area contributed by atoms with Crippen molar-refractivity contribution in [1.29, 1.82) is 0 Å². The molecule has 1 aliphatic carbocycles. The second-order valence-corrected chi connectivity index (χ2v) is 7.10. The van der Waals surface area contributed by atoms with E-state index in [4.69, 9.17) is 9.47 Å². The predicted molar refractivity (Wildman–Crippen MR) is 107 cm³/mol. The summed E-state index contributed by atoms with van der Waals surface area (Å²) in [5.74, 6) is 0.735. The fourth-order valence-corrected chi connectivity index (χ4v) is 3.96. The number of H-pyrrole nitrogens is 1. The topological polar surface area (TPSA) is 122 Å². The maximum Gasteiger partial charge on any atom is 0.315 e. The van der Waals surface area contributed by atoms with Crippen molar-refractivity contribution in [3.05, 3.63) is 23.9 Å². The Morgan fingerprint density at radius 2 is 2.00 bits per heavy atom. The number of benzene rings is 1. The van der Waals surface area contributed by atoms with Crippen LogP contribution in [0, 0.1) is 5.92 Å². The van der Waals surface area contributed by atoms with Crippen LogP contribution in [-0.4, -0.2) is 56.6 Å². The summed E-state index contributed by atoms with van der Waals surface area (Å²) >= 11 is 0. The van der Waals surface area contributed by atoms with Crippen molar-refractivity contribution in [2.45, 2.75) is 24.8 Å². The van der Waals surface area contributed by atoms with E-state index in [9.17, 15) is 14.4 Å². The largest absolute Gasteiger partial charge is 0.496 e. The summed E-state index contributed by atoms with van der Waals surface area (Å²) in [6, 6.07) is 4.83. The number of hydrogen-bond acceptors (Lipinski definition) is 5. The lowest BCUT2D eigenvalue weighted by molar-refractivity contribution is -0.114. The second kappa shape index (κ2) is 8.42. The summed E-state index contributed by atoms with van der Waals surface area (Å²) in [5, 5.41) is 8.83. The third-order valence-corrected chi connectivity index (χ3v) is 5.56. The van der Waals surface area contributed by atoms with Gasteiger partial charge in [0, 0.05) is 24.9 Å². The number of carbonyl (C=O) groups excluding carboxylic acids is 3. The van der Waals surface area contributed by atoms with Crippen LogP contribution in [0.3, 0.4) is 0 Å². The SMILES string of the molecule is CNC(=O)NC1(C=O)CCCC1CNC(=O)c1cc2c(OC)ccc(OC)c2[nH]1. The molecule has 1 aromatic heterocycles. The molecule has 2 atom stereocenters. The summed E-state index contributed by atoms with van der Waals surface area (Å²) in [6.07, 6.45) is 2.86. The molecule has 0 radical (unpaired) electrons. The first-order chi connectivity index (χ1) is 14.0. The molecule has 29 heavy (non-hydrogen) atoms. The van der Waals surface area contributed by atoms with Gasteiger partial charge in [-0.2, -0.15) is 0 Å². The minimum atomic E-state index is -0.972. The molecule has 1 saturated carbocycles. The van der Waals surface area contributed by atoms with Crippen LogP contribution in [-0.2, 0) is 4.79 Å². The van der Waals surface area contributed by atoms with Gasteiger partial charge in [-0.25, -0.2) is 4.79 Å². The van der Waals surface area contributed by atoms with Gasteiger partial charge in [0.2, 0.25) is 0 Å². The first-order valence-electron chi connectivity index (χ1n) is 9.46. The highest BCUT2D eigenvalue weighted by Crippen LogP contribution is 2.35. The van der Waals surface area contributed by atoms with Crippen LogP contribution >= 0.6 is 0 Å². The lowest BCUT2D eigenvalue weighted by Crippen LogP contribution is -2.57. The third-order valence-electron chi connectivity index (χ3n) is 5.56. The third kappa shape index (κ3) is 3.85. The zero-order chi connectivity index (χ0) is 21.0. The van der Waals surface area contributed by atoms with Crippen LogP contribution in [0.1, 0.15) is 29.8 Å². The van der Waals surface area contributed by atoms with Crippen molar-refractivity contribution < 1.29 is 23.9 Å². The van der Waals surface area contributed by atoms with Crippen molar-refractivity contribution in [3.8, 4) is 11.5 Å². The van der Waals surface area contributed by atoms with Gasteiger partial charge in [0.05, 0.1) is 19.7 Å². The van der Waals surface area contributed by atoms with E-state index >= 15 is 0 Å². The fourth-order valence-electron chi connectivity index (χ4n) is 3.96. The standard InChI is InChI=1S/C20H26N4O5/c1-21-19(27)24-20(11-25)8-4-5-12(20)10-22-18(26)14-9-13-15(28-2)6-7-16(29-3)17(13)23-14/h6-7,9,11-12,23H,4-5,8,10H2,1-3H3,(H,22,26)(H2,21,24,27). The molecule has 0 spiro atoms. The van der Waals surface area contributed by atoms with E-state index in [1.807, 2.05) is 0 Å². The first kappa shape index (κ1) is 20.5. The van der Waals surface area contributed by atoms with Crippen LogP contribution in [0.4, 0.5) is 4.79 Å². The highest BCUT2D eigenvalue weighted by Gasteiger charge is 2.44. The summed E-state index contributed by atoms with van der Waals surface area (Å²) < 4.78 is 10.7. The number of amides is 3. The molecule has 156 valence electrons. The summed E-state index contributed by atoms with van der Waals surface area (Å²) in [7, 11) is 4.62. The van der Waals surface area contributed by atoms with Crippen molar-refractivity contribution in [3.63, 3.8) is 0 Å². The molecule has 4 N–H and O–H groups in total. The molecule has 1 fully saturated rings. The number of hydrogen-bond donors (Lipinski definition) is 4. The van der Waals surface area contributed by atoms with Crippen LogP contribution in [0.5, 0.6) is 11.5 Å². The first-order valence-corrected chi connectivity index (χ1v) is 9.46. The molecule has 1 aliphatic rings. The fraction of sp³-hybridized carbons (Fsp3) is 0.450. The lowest BCUT2D eigenvalue weighted by Gasteiger charge is -2.31. The molecule has 1 heterocycles. The van der Waals surface area contributed by atoms with E-state index in [1.54, 1.807) is 32.4 Å². The number of rotatable bonds is 7. The Morgan fingerprint density at radius 3 is 2.66 bits per heavy atom. The average Bonchev–Trinajstić information content (AvgIpc) is 3.36. The summed E-state index contributed by atoms with van der Waals surface area (Å²) in [5.41, 5.74) is 0.0541. The van der Waals surface area contributed by atoms with Gasteiger partial charge in [-0.3, -0.25) is 4.79 Å². The Hall–Kier alpha value is -3.23. The Morgan fingerprint density at radius 1 is 1.28 bits per heavy atom. The second-order valence-electron chi connectivity index (χ2n) is 7.10. The summed E-state index contributed by atoms with van der Waals surface area (Å²) in [6.45, 7) is 0.269. The van der Waals surface area contributed by atoms with Crippen LogP contribution in [0.2, 0.25) is 0 Å². The van der Waals surface area contributed by atoms with Crippen LogP contribution < -0.4 is 25.4 Å².